The molecule has 2 atom stereocenters. The van der Waals surface area contributed by atoms with Gasteiger partial charge in [-0.05, 0) is 32.7 Å². The second kappa shape index (κ2) is 5.75. The average molecular weight is 240 g/mol. The Morgan fingerprint density at radius 2 is 2.56 bits per heavy atom. The van der Waals surface area contributed by atoms with Crippen LogP contribution in [0, 0.1) is 5.92 Å². The molecule has 0 amide bonds. The van der Waals surface area contributed by atoms with Crippen LogP contribution in [0.2, 0.25) is 0 Å². The Morgan fingerprint density at radius 1 is 1.69 bits per heavy atom. The van der Waals surface area contributed by atoms with Crippen LogP contribution in [0.1, 0.15) is 36.5 Å². The first-order valence-corrected chi connectivity index (χ1v) is 6.87. The van der Waals surface area contributed by atoms with Crippen LogP contribution in [0.25, 0.3) is 0 Å². The minimum absolute atomic E-state index is 0.354. The molecule has 0 aromatic carbocycles. The Balaban J connectivity index is 1.91. The summed E-state index contributed by atoms with van der Waals surface area (Å²) in [6.45, 7) is 4.00. The van der Waals surface area contributed by atoms with E-state index in [1.54, 1.807) is 11.3 Å². The van der Waals surface area contributed by atoms with E-state index in [4.69, 9.17) is 4.74 Å². The summed E-state index contributed by atoms with van der Waals surface area (Å²) in [5, 5.41) is 6.64. The van der Waals surface area contributed by atoms with Gasteiger partial charge in [-0.1, -0.05) is 0 Å². The van der Waals surface area contributed by atoms with Crippen molar-refractivity contribution >= 4 is 11.3 Å². The Morgan fingerprint density at radius 3 is 3.25 bits per heavy atom. The number of nitrogens with zero attached hydrogens (tertiary/aromatic N) is 1. The van der Waals surface area contributed by atoms with Gasteiger partial charge in [0.1, 0.15) is 0 Å². The molecule has 1 aliphatic heterocycles. The molecule has 2 unspecified atom stereocenters. The van der Waals surface area contributed by atoms with Gasteiger partial charge in [-0.15, -0.1) is 11.3 Å². The molecule has 1 saturated heterocycles. The molecule has 1 aromatic heterocycles. The van der Waals surface area contributed by atoms with E-state index in [1.165, 1.54) is 23.5 Å². The van der Waals surface area contributed by atoms with Crippen LogP contribution < -0.4 is 5.32 Å². The van der Waals surface area contributed by atoms with Gasteiger partial charge in [-0.2, -0.15) is 0 Å². The normalized spacial score (nSPS) is 23.2. The van der Waals surface area contributed by atoms with E-state index in [0.717, 1.165) is 19.6 Å². The Kier molecular flexibility index (Phi) is 4.32. The zero-order valence-corrected chi connectivity index (χ0v) is 10.8. The van der Waals surface area contributed by atoms with Crippen molar-refractivity contribution in [1.82, 2.24) is 10.3 Å². The van der Waals surface area contributed by atoms with Crippen LogP contribution in [0.4, 0.5) is 0 Å². The minimum Gasteiger partial charge on any atom is -0.381 e. The maximum Gasteiger partial charge on any atom is 0.0932 e. The molecule has 1 N–H and O–H groups in total. The Hall–Kier alpha value is -0.450. The lowest BCUT2D eigenvalue weighted by Crippen LogP contribution is -2.19. The van der Waals surface area contributed by atoms with Gasteiger partial charge in [0.05, 0.1) is 10.7 Å². The van der Waals surface area contributed by atoms with Crippen molar-refractivity contribution in [2.24, 2.45) is 5.92 Å². The third kappa shape index (κ3) is 3.03. The molecule has 4 heteroatoms. The van der Waals surface area contributed by atoms with E-state index in [-0.39, 0.29) is 0 Å². The van der Waals surface area contributed by atoms with Gasteiger partial charge >= 0.3 is 0 Å². The maximum absolute atomic E-state index is 5.49. The average Bonchev–Trinajstić information content (AvgIpc) is 2.78. The summed E-state index contributed by atoms with van der Waals surface area (Å²) in [5.41, 5.74) is 1.17. The molecule has 2 heterocycles. The van der Waals surface area contributed by atoms with E-state index in [2.05, 4.69) is 22.6 Å². The predicted octanol–water partition coefficient (Wildman–Crippen LogP) is 2.39. The summed E-state index contributed by atoms with van der Waals surface area (Å²) in [6.07, 6.45) is 3.58. The zero-order valence-electron chi connectivity index (χ0n) is 10.0. The van der Waals surface area contributed by atoms with Crippen molar-refractivity contribution in [3.05, 3.63) is 16.1 Å². The fourth-order valence-corrected chi connectivity index (χ4v) is 2.98. The molecule has 3 nitrogen and oxygen atoms in total. The van der Waals surface area contributed by atoms with E-state index in [1.807, 2.05) is 7.05 Å². The van der Waals surface area contributed by atoms with Crippen molar-refractivity contribution < 1.29 is 4.74 Å². The van der Waals surface area contributed by atoms with Gasteiger partial charge in [0.2, 0.25) is 0 Å². The number of thiazole rings is 1. The van der Waals surface area contributed by atoms with Gasteiger partial charge in [0.15, 0.2) is 0 Å². The molecule has 0 saturated carbocycles. The first-order chi connectivity index (χ1) is 7.79. The van der Waals surface area contributed by atoms with Gasteiger partial charge in [0.25, 0.3) is 0 Å². The first-order valence-electron chi connectivity index (χ1n) is 5.99. The van der Waals surface area contributed by atoms with E-state index >= 15 is 0 Å². The summed E-state index contributed by atoms with van der Waals surface area (Å²) >= 11 is 1.78. The summed E-state index contributed by atoms with van der Waals surface area (Å²) < 4.78 is 5.49. The van der Waals surface area contributed by atoms with Crippen LogP contribution in [0.15, 0.2) is 5.38 Å². The van der Waals surface area contributed by atoms with Crippen LogP contribution in [0.5, 0.6) is 0 Å². The highest BCUT2D eigenvalue weighted by Gasteiger charge is 2.16. The number of hydrogen-bond donors (Lipinski definition) is 1. The molecular formula is C12H20N2OS. The Bertz CT molecular complexity index is 321. The lowest BCUT2D eigenvalue weighted by Gasteiger charge is -2.20. The molecule has 0 bridgehead atoms. The van der Waals surface area contributed by atoms with E-state index in [0.29, 0.717) is 12.0 Å². The van der Waals surface area contributed by atoms with Crippen LogP contribution >= 0.6 is 11.3 Å². The van der Waals surface area contributed by atoms with Crippen molar-refractivity contribution in [3.8, 4) is 0 Å². The first kappa shape index (κ1) is 12.0. The van der Waals surface area contributed by atoms with Gasteiger partial charge < -0.3 is 10.1 Å². The molecule has 0 radical (unpaired) electrons. The van der Waals surface area contributed by atoms with E-state index < -0.39 is 0 Å². The third-order valence-electron chi connectivity index (χ3n) is 3.16. The molecule has 0 spiro atoms. The quantitative estimate of drug-likeness (QED) is 0.877. The molecule has 1 fully saturated rings. The highest BCUT2D eigenvalue weighted by Crippen LogP contribution is 2.22. The van der Waals surface area contributed by atoms with Crippen molar-refractivity contribution in [2.45, 2.75) is 32.2 Å². The highest BCUT2D eigenvalue weighted by atomic mass is 32.1. The van der Waals surface area contributed by atoms with Crippen LogP contribution in [0.3, 0.4) is 0 Å². The molecule has 90 valence electrons. The van der Waals surface area contributed by atoms with E-state index in [9.17, 15) is 0 Å². The van der Waals surface area contributed by atoms with Gasteiger partial charge in [-0.25, -0.2) is 4.98 Å². The lowest BCUT2D eigenvalue weighted by molar-refractivity contribution is 0.0550. The van der Waals surface area contributed by atoms with Crippen LogP contribution in [-0.4, -0.2) is 25.2 Å². The van der Waals surface area contributed by atoms with Crippen molar-refractivity contribution in [2.75, 3.05) is 20.3 Å². The predicted molar refractivity (Wildman–Crippen MR) is 66.8 cm³/mol. The van der Waals surface area contributed by atoms with Crippen molar-refractivity contribution in [3.63, 3.8) is 0 Å². The molecule has 0 aliphatic carbocycles. The van der Waals surface area contributed by atoms with Gasteiger partial charge in [-0.3, -0.25) is 0 Å². The second-order valence-corrected chi connectivity index (χ2v) is 5.41. The smallest absolute Gasteiger partial charge is 0.0932 e. The fraction of sp³-hybridized carbons (Fsp3) is 0.750. The number of nitrogens with one attached hydrogen (secondary N) is 1. The molecule has 2 rings (SSSR count). The summed E-state index contributed by atoms with van der Waals surface area (Å²) in [6, 6.07) is 0.354. The zero-order chi connectivity index (χ0) is 11.4. The molecule has 1 aromatic rings. The number of ether oxygens (including phenoxy) is 1. The molecule has 16 heavy (non-hydrogen) atoms. The largest absolute Gasteiger partial charge is 0.381 e. The van der Waals surface area contributed by atoms with Crippen LogP contribution in [-0.2, 0) is 11.2 Å². The fourth-order valence-electron chi connectivity index (χ4n) is 1.98. The second-order valence-electron chi connectivity index (χ2n) is 4.46. The van der Waals surface area contributed by atoms with Gasteiger partial charge in [0, 0.05) is 31.1 Å². The molecular weight excluding hydrogens is 220 g/mol. The highest BCUT2D eigenvalue weighted by molar-refractivity contribution is 7.09. The summed E-state index contributed by atoms with van der Waals surface area (Å²) in [4.78, 5) is 4.68. The minimum atomic E-state index is 0.354. The monoisotopic (exact) mass is 240 g/mol. The maximum atomic E-state index is 5.49. The summed E-state index contributed by atoms with van der Waals surface area (Å²) in [7, 11) is 1.97. The lowest BCUT2D eigenvalue weighted by atomic mass is 9.99. The van der Waals surface area contributed by atoms with Crippen molar-refractivity contribution in [1.29, 1.82) is 0 Å². The standard InChI is InChI=1S/C12H20N2OS/c1-9(13-2)11-8-16-12(14-11)6-10-4-3-5-15-7-10/h8-10,13H,3-7H2,1-2H3. The number of hydrogen-bond acceptors (Lipinski definition) is 4. The summed E-state index contributed by atoms with van der Waals surface area (Å²) in [5.74, 6) is 0.678. The third-order valence-corrected chi connectivity index (χ3v) is 4.05. The SMILES string of the molecule is CNC(C)c1csc(CC2CCCOC2)n1. The molecule has 1 aliphatic rings. The topological polar surface area (TPSA) is 34.1 Å². The number of rotatable bonds is 4. The Labute approximate surface area is 101 Å². The number of aromatic nitrogens is 1.